The van der Waals surface area contributed by atoms with E-state index >= 15 is 0 Å². The molecule has 11 heteroatoms. The van der Waals surface area contributed by atoms with Gasteiger partial charge < -0.3 is 27.7 Å². The van der Waals surface area contributed by atoms with E-state index in [0.717, 1.165) is 48.3 Å². The van der Waals surface area contributed by atoms with Crippen LogP contribution in [0.2, 0.25) is 0 Å². The van der Waals surface area contributed by atoms with Crippen molar-refractivity contribution in [3.63, 3.8) is 0 Å². The van der Waals surface area contributed by atoms with E-state index in [4.69, 9.17) is 18.9 Å². The average molecular weight is 490 g/mol. The summed E-state index contributed by atoms with van der Waals surface area (Å²) in [5.41, 5.74) is 4.86. The molecule has 2 aliphatic heterocycles. The minimum absolute atomic E-state index is 0.305. The highest BCUT2D eigenvalue weighted by Gasteiger charge is 2.32. The topological polar surface area (TPSA) is 124 Å². The van der Waals surface area contributed by atoms with Gasteiger partial charge >= 0.3 is 5.97 Å². The maximum Gasteiger partial charge on any atom is 0.318 e. The van der Waals surface area contributed by atoms with Crippen LogP contribution in [-0.2, 0) is 32.3 Å². The predicted molar refractivity (Wildman–Crippen MR) is 119 cm³/mol. The normalized spacial score (nSPS) is 13.3. The zero-order chi connectivity index (χ0) is 24.6. The van der Waals surface area contributed by atoms with Crippen molar-refractivity contribution in [2.45, 2.75) is 26.8 Å². The van der Waals surface area contributed by atoms with E-state index < -0.39 is 16.4 Å². The molecule has 3 heterocycles. The number of carbonyl (C=O) groups is 1. The number of aryl methyl sites for hydroxylation is 1. The quantitative estimate of drug-likeness (QED) is 0.310. The Morgan fingerprint density at radius 1 is 1.09 bits per heavy atom. The van der Waals surface area contributed by atoms with Gasteiger partial charge in [-0.2, -0.15) is 4.57 Å². The van der Waals surface area contributed by atoms with E-state index in [-0.39, 0.29) is 0 Å². The molecule has 5 rings (SSSR count). The van der Waals surface area contributed by atoms with Crippen molar-refractivity contribution in [3.05, 3.63) is 41.6 Å². The highest BCUT2D eigenvalue weighted by atomic mass is 32.3. The van der Waals surface area contributed by atoms with E-state index in [1.54, 1.807) is 14.2 Å². The summed E-state index contributed by atoms with van der Waals surface area (Å²) in [7, 11) is -1.49. The van der Waals surface area contributed by atoms with Crippen LogP contribution in [0.4, 0.5) is 0 Å². The van der Waals surface area contributed by atoms with E-state index in [9.17, 15) is 17.8 Å². The first-order chi connectivity index (χ1) is 16.1. The Hall–Kier alpha value is -3.57. The maximum absolute atomic E-state index is 9.66. The van der Waals surface area contributed by atoms with Crippen LogP contribution in [0.5, 0.6) is 23.0 Å². The van der Waals surface area contributed by atoms with Gasteiger partial charge in [0.05, 0.1) is 25.2 Å². The third-order valence-electron chi connectivity index (χ3n) is 5.66. The molecule has 0 saturated heterocycles. The van der Waals surface area contributed by atoms with Crippen LogP contribution in [0.15, 0.2) is 30.3 Å². The fourth-order valence-electron chi connectivity index (χ4n) is 4.28. The summed E-state index contributed by atoms with van der Waals surface area (Å²) in [6.45, 7) is 4.21. The summed E-state index contributed by atoms with van der Waals surface area (Å²) in [6, 6.07) is 10.5. The standard InChI is InChI=1S/C21H20NO4.C2H4O5S/c1-12-16-10-20(24-3)19(23-2)9-13(16)8-17-14-4-5-18-21(26-11-25-18)15(14)6-7-22(12)17;1-2(3)7-8(4,5)6/h4-5,8-10H,6-7,11H2,1-3H3;1H3,(H,4,5,6)/q+1;/p-1. The smallest absolute Gasteiger partial charge is 0.318 e. The van der Waals surface area contributed by atoms with Crippen molar-refractivity contribution >= 4 is 27.1 Å². The van der Waals surface area contributed by atoms with Gasteiger partial charge in [0.1, 0.15) is 0 Å². The Morgan fingerprint density at radius 2 is 1.79 bits per heavy atom. The number of benzene rings is 2. The molecule has 0 aliphatic carbocycles. The number of ether oxygens (including phenoxy) is 4. The number of aromatic nitrogens is 1. The molecule has 34 heavy (non-hydrogen) atoms. The lowest BCUT2D eigenvalue weighted by molar-refractivity contribution is -0.692. The Labute approximate surface area is 196 Å². The molecule has 0 amide bonds. The monoisotopic (exact) mass is 489 g/mol. The van der Waals surface area contributed by atoms with Crippen LogP contribution in [0.1, 0.15) is 18.2 Å². The lowest BCUT2D eigenvalue weighted by Crippen LogP contribution is -2.43. The number of rotatable bonds is 3. The summed E-state index contributed by atoms with van der Waals surface area (Å²) in [6.07, 6.45) is 0.930. The van der Waals surface area contributed by atoms with Crippen molar-refractivity contribution < 1.29 is 45.5 Å². The molecular weight excluding hydrogens is 466 g/mol. The largest absolute Gasteiger partial charge is 0.716 e. The molecule has 0 spiro atoms. The number of nitrogens with zero attached hydrogens (tertiary/aromatic N) is 1. The zero-order valence-corrected chi connectivity index (χ0v) is 19.9. The Bertz CT molecular complexity index is 1400. The number of hydrogen-bond donors (Lipinski definition) is 0. The Kier molecular flexibility index (Phi) is 6.24. The SMILES string of the molecule is CC(=O)OS(=O)(=O)[O-].COc1cc2cc3[n+](c(C)c2cc1OC)CCc1c-3ccc2c1OCO2. The molecule has 0 atom stereocenters. The summed E-state index contributed by atoms with van der Waals surface area (Å²) >= 11 is 0. The van der Waals surface area contributed by atoms with Gasteiger partial charge in [0.15, 0.2) is 35.2 Å². The lowest BCUT2D eigenvalue weighted by atomic mass is 9.93. The number of carbonyl (C=O) groups excluding carboxylic acids is 1. The lowest BCUT2D eigenvalue weighted by Gasteiger charge is -2.19. The molecule has 0 unspecified atom stereocenters. The molecule has 0 bridgehead atoms. The van der Waals surface area contributed by atoms with E-state index in [1.807, 2.05) is 12.1 Å². The summed E-state index contributed by atoms with van der Waals surface area (Å²) in [4.78, 5) is 9.66. The molecule has 180 valence electrons. The van der Waals surface area contributed by atoms with Gasteiger partial charge in [0.25, 0.3) is 10.4 Å². The average Bonchev–Trinajstić information content (AvgIpc) is 3.26. The number of pyridine rings is 1. The second kappa shape index (κ2) is 8.99. The van der Waals surface area contributed by atoms with Gasteiger partial charge in [0, 0.05) is 31.9 Å². The fourth-order valence-corrected chi connectivity index (χ4v) is 4.56. The molecular formula is C23H23NO9S. The Balaban J connectivity index is 0.000000297. The first-order valence-corrected chi connectivity index (χ1v) is 11.6. The zero-order valence-electron chi connectivity index (χ0n) is 19.0. The molecule has 0 radical (unpaired) electrons. The third-order valence-corrected chi connectivity index (χ3v) is 6.10. The van der Waals surface area contributed by atoms with E-state index in [0.29, 0.717) is 6.79 Å². The van der Waals surface area contributed by atoms with Gasteiger partial charge in [-0.1, -0.05) is 0 Å². The molecule has 0 saturated carbocycles. The minimum Gasteiger partial charge on any atom is -0.716 e. The van der Waals surface area contributed by atoms with Crippen molar-refractivity contribution in [1.29, 1.82) is 0 Å². The molecule has 10 nitrogen and oxygen atoms in total. The van der Waals surface area contributed by atoms with E-state index in [1.165, 1.54) is 27.9 Å². The molecule has 2 aliphatic rings. The molecule has 3 aromatic rings. The first kappa shape index (κ1) is 23.6. The van der Waals surface area contributed by atoms with Gasteiger partial charge in [-0.15, -0.1) is 0 Å². The van der Waals surface area contributed by atoms with Crippen LogP contribution in [0.25, 0.3) is 22.0 Å². The summed E-state index contributed by atoms with van der Waals surface area (Å²) in [5, 5.41) is 2.31. The van der Waals surface area contributed by atoms with Crippen LogP contribution >= 0.6 is 0 Å². The fraction of sp³-hybridized carbons (Fsp3) is 0.304. The van der Waals surface area contributed by atoms with Gasteiger partial charge in [-0.25, -0.2) is 8.42 Å². The molecule has 1 aromatic heterocycles. The van der Waals surface area contributed by atoms with Crippen LogP contribution in [0.3, 0.4) is 0 Å². The van der Waals surface area contributed by atoms with Gasteiger partial charge in [-0.05, 0) is 29.7 Å². The maximum atomic E-state index is 9.66. The number of hydrogen-bond acceptors (Lipinski definition) is 9. The summed E-state index contributed by atoms with van der Waals surface area (Å²) < 4.78 is 56.2. The van der Waals surface area contributed by atoms with Crippen LogP contribution < -0.4 is 23.5 Å². The highest BCUT2D eigenvalue weighted by Crippen LogP contribution is 2.43. The second-order valence-corrected chi connectivity index (χ2v) is 8.60. The number of methoxy groups -OCH3 is 2. The second-order valence-electron chi connectivity index (χ2n) is 7.62. The van der Waals surface area contributed by atoms with Crippen molar-refractivity contribution in [3.8, 4) is 34.3 Å². The predicted octanol–water partition coefficient (Wildman–Crippen LogP) is 2.41. The molecule has 2 aromatic carbocycles. The first-order valence-electron chi connectivity index (χ1n) is 10.3. The Morgan fingerprint density at radius 3 is 2.41 bits per heavy atom. The van der Waals surface area contributed by atoms with E-state index in [2.05, 4.69) is 33.9 Å². The highest BCUT2D eigenvalue weighted by molar-refractivity contribution is 7.81. The molecule has 0 N–H and O–H groups in total. The van der Waals surface area contributed by atoms with Gasteiger partial charge in [0.2, 0.25) is 12.5 Å². The third kappa shape index (κ3) is 4.44. The summed E-state index contributed by atoms with van der Waals surface area (Å²) in [5.74, 6) is 2.12. The van der Waals surface area contributed by atoms with Crippen molar-refractivity contribution in [1.82, 2.24) is 0 Å². The van der Waals surface area contributed by atoms with Crippen LogP contribution in [-0.4, -0.2) is 40.0 Å². The van der Waals surface area contributed by atoms with Crippen molar-refractivity contribution in [2.75, 3.05) is 21.0 Å². The van der Waals surface area contributed by atoms with Crippen LogP contribution in [0, 0.1) is 6.92 Å². The van der Waals surface area contributed by atoms with Gasteiger partial charge in [-0.3, -0.25) is 4.79 Å². The number of fused-ring (bicyclic) bond motifs is 6. The van der Waals surface area contributed by atoms with Crippen molar-refractivity contribution in [2.24, 2.45) is 0 Å². The minimum atomic E-state index is -4.82. The molecule has 0 fully saturated rings.